The second-order valence-corrected chi connectivity index (χ2v) is 2.51. The summed E-state index contributed by atoms with van der Waals surface area (Å²) in [6, 6.07) is 0. The molecule has 0 saturated carbocycles. The molecule has 7 heteroatoms. The number of ether oxygens (including phenoxy) is 1. The molecule has 0 aliphatic heterocycles. The number of nitrogens with zero attached hydrogens (tertiary/aromatic N) is 3. The minimum absolute atomic E-state index is 0.0310. The van der Waals surface area contributed by atoms with Crippen LogP contribution in [0.15, 0.2) is 0 Å². The van der Waals surface area contributed by atoms with E-state index in [0.29, 0.717) is 0 Å². The third-order valence-electron chi connectivity index (χ3n) is 1.51. The lowest BCUT2D eigenvalue weighted by molar-refractivity contribution is -0.387. The smallest absolute Gasteiger partial charge is 0.352 e. The Labute approximate surface area is 80.1 Å². The third kappa shape index (κ3) is 1.87. The summed E-state index contributed by atoms with van der Waals surface area (Å²) in [5.74, 6) is -0.112. The minimum atomic E-state index is -0.584. The fraction of sp³-hybridized carbons (Fsp3) is 0.429. The summed E-state index contributed by atoms with van der Waals surface area (Å²) in [5, 5.41) is 10.6. The molecule has 1 rings (SSSR count). The highest BCUT2D eigenvalue weighted by Gasteiger charge is 2.22. The molecule has 0 amide bonds. The van der Waals surface area contributed by atoms with E-state index < -0.39 is 4.92 Å². The Hall–Kier alpha value is -1.92. The quantitative estimate of drug-likeness (QED) is 0.565. The van der Waals surface area contributed by atoms with Crippen molar-refractivity contribution in [3.8, 4) is 5.88 Å². The average molecular weight is 198 g/mol. The molecule has 0 aliphatic rings. The standard InChI is InChI=1S/C7H10N4O3/c1-3-14-6-5(11(12)13)4(2)9-7(8)10-6/h3H2,1-2H3,(H2,8,9,10). The van der Waals surface area contributed by atoms with E-state index >= 15 is 0 Å². The van der Waals surface area contributed by atoms with Crippen LogP contribution >= 0.6 is 0 Å². The maximum absolute atomic E-state index is 10.6. The lowest BCUT2D eigenvalue weighted by atomic mass is 10.3. The number of hydrogen-bond donors (Lipinski definition) is 1. The molecule has 7 nitrogen and oxygen atoms in total. The van der Waals surface area contributed by atoms with Crippen molar-refractivity contribution in [2.24, 2.45) is 0 Å². The van der Waals surface area contributed by atoms with Crippen LogP contribution in [0.2, 0.25) is 0 Å². The van der Waals surface area contributed by atoms with Crippen LogP contribution in [-0.4, -0.2) is 21.5 Å². The van der Waals surface area contributed by atoms with Crippen LogP contribution in [0.1, 0.15) is 12.6 Å². The van der Waals surface area contributed by atoms with Crippen molar-refractivity contribution >= 4 is 11.6 Å². The summed E-state index contributed by atoms with van der Waals surface area (Å²) in [6.45, 7) is 3.48. The Bertz CT molecular complexity index is 366. The van der Waals surface area contributed by atoms with Gasteiger partial charge in [0.25, 0.3) is 5.88 Å². The Morgan fingerprint density at radius 3 is 2.71 bits per heavy atom. The first-order valence-corrected chi connectivity index (χ1v) is 3.97. The number of hydrogen-bond acceptors (Lipinski definition) is 6. The van der Waals surface area contributed by atoms with Crippen LogP contribution in [-0.2, 0) is 0 Å². The van der Waals surface area contributed by atoms with E-state index in [1.165, 1.54) is 6.92 Å². The highest BCUT2D eigenvalue weighted by molar-refractivity contribution is 5.47. The predicted molar refractivity (Wildman–Crippen MR) is 49.0 cm³/mol. The Morgan fingerprint density at radius 2 is 2.21 bits per heavy atom. The topological polar surface area (TPSA) is 104 Å². The van der Waals surface area contributed by atoms with Crippen molar-refractivity contribution in [3.05, 3.63) is 15.8 Å². The molecule has 0 unspecified atom stereocenters. The molecule has 1 heterocycles. The summed E-state index contributed by atoms with van der Waals surface area (Å²) in [5.41, 5.74) is 5.30. The van der Waals surface area contributed by atoms with Crippen LogP contribution < -0.4 is 10.5 Å². The summed E-state index contributed by atoms with van der Waals surface area (Å²) < 4.78 is 4.99. The second-order valence-electron chi connectivity index (χ2n) is 2.51. The van der Waals surface area contributed by atoms with Crippen LogP contribution in [0.3, 0.4) is 0 Å². The van der Waals surface area contributed by atoms with E-state index in [1.54, 1.807) is 6.92 Å². The largest absolute Gasteiger partial charge is 0.473 e. The zero-order valence-corrected chi connectivity index (χ0v) is 7.85. The fourth-order valence-corrected chi connectivity index (χ4v) is 1.01. The van der Waals surface area contributed by atoms with Crippen molar-refractivity contribution in [2.45, 2.75) is 13.8 Å². The van der Waals surface area contributed by atoms with Gasteiger partial charge in [-0.2, -0.15) is 4.98 Å². The lowest BCUT2D eigenvalue weighted by Crippen LogP contribution is -2.06. The number of nitro groups is 1. The molecule has 1 aromatic heterocycles. The number of nitrogens with two attached hydrogens (primary N) is 1. The zero-order valence-electron chi connectivity index (χ0n) is 7.85. The van der Waals surface area contributed by atoms with Crippen LogP contribution in [0.4, 0.5) is 11.6 Å². The van der Waals surface area contributed by atoms with Gasteiger partial charge in [0.2, 0.25) is 5.95 Å². The maximum atomic E-state index is 10.6. The van der Waals surface area contributed by atoms with Gasteiger partial charge in [0.15, 0.2) is 0 Å². The van der Waals surface area contributed by atoms with Gasteiger partial charge < -0.3 is 10.5 Å². The van der Waals surface area contributed by atoms with Gasteiger partial charge in [0.1, 0.15) is 5.69 Å². The van der Waals surface area contributed by atoms with E-state index in [1.807, 2.05) is 0 Å². The molecule has 1 aromatic rings. The third-order valence-corrected chi connectivity index (χ3v) is 1.51. The number of rotatable bonds is 3. The SMILES string of the molecule is CCOc1nc(N)nc(C)c1[N+](=O)[O-]. The van der Waals surface area contributed by atoms with Crippen molar-refractivity contribution in [2.75, 3.05) is 12.3 Å². The normalized spacial score (nSPS) is 9.86. The van der Waals surface area contributed by atoms with E-state index in [2.05, 4.69) is 9.97 Å². The van der Waals surface area contributed by atoms with E-state index in [9.17, 15) is 10.1 Å². The zero-order chi connectivity index (χ0) is 10.7. The van der Waals surface area contributed by atoms with Crippen molar-refractivity contribution in [1.29, 1.82) is 0 Å². The molecule has 2 N–H and O–H groups in total. The molecule has 14 heavy (non-hydrogen) atoms. The molecule has 0 bridgehead atoms. The van der Waals surface area contributed by atoms with Gasteiger partial charge in [-0.1, -0.05) is 0 Å². The van der Waals surface area contributed by atoms with Crippen molar-refractivity contribution < 1.29 is 9.66 Å². The van der Waals surface area contributed by atoms with Gasteiger partial charge >= 0.3 is 5.69 Å². The minimum Gasteiger partial charge on any atom is -0.473 e. The summed E-state index contributed by atoms with van der Waals surface area (Å²) in [4.78, 5) is 17.4. The van der Waals surface area contributed by atoms with Gasteiger partial charge in [-0.25, -0.2) is 4.98 Å². The van der Waals surface area contributed by atoms with Crippen LogP contribution in [0.25, 0.3) is 0 Å². The predicted octanol–water partition coefficient (Wildman–Crippen LogP) is 0.674. The highest BCUT2D eigenvalue weighted by atomic mass is 16.6. The van der Waals surface area contributed by atoms with Gasteiger partial charge in [-0.05, 0) is 13.8 Å². The molecule has 0 saturated heterocycles. The fourth-order valence-electron chi connectivity index (χ4n) is 1.01. The number of aryl methyl sites for hydroxylation is 1. The van der Waals surface area contributed by atoms with Crippen molar-refractivity contribution in [3.63, 3.8) is 0 Å². The summed E-state index contributed by atoms with van der Waals surface area (Å²) in [7, 11) is 0. The molecule has 0 fully saturated rings. The Kier molecular flexibility index (Phi) is 2.80. The first-order valence-electron chi connectivity index (χ1n) is 3.97. The molecule has 0 aromatic carbocycles. The maximum Gasteiger partial charge on any atom is 0.352 e. The number of anilines is 1. The Morgan fingerprint density at radius 1 is 1.57 bits per heavy atom. The van der Waals surface area contributed by atoms with E-state index in [4.69, 9.17) is 10.5 Å². The van der Waals surface area contributed by atoms with Gasteiger partial charge in [-0.3, -0.25) is 10.1 Å². The molecule has 0 radical (unpaired) electrons. The van der Waals surface area contributed by atoms with E-state index in [0.717, 1.165) is 0 Å². The molecule has 0 atom stereocenters. The van der Waals surface area contributed by atoms with Crippen molar-refractivity contribution in [1.82, 2.24) is 9.97 Å². The molecular formula is C7H10N4O3. The molecule has 0 spiro atoms. The van der Waals surface area contributed by atoms with Gasteiger partial charge in [0.05, 0.1) is 11.5 Å². The summed E-state index contributed by atoms with van der Waals surface area (Å²) in [6.07, 6.45) is 0. The molecular weight excluding hydrogens is 188 g/mol. The first kappa shape index (κ1) is 10.2. The average Bonchev–Trinajstić information content (AvgIpc) is 2.01. The highest BCUT2D eigenvalue weighted by Crippen LogP contribution is 2.27. The van der Waals surface area contributed by atoms with Crippen LogP contribution in [0, 0.1) is 17.0 Å². The number of aromatic nitrogens is 2. The van der Waals surface area contributed by atoms with Crippen LogP contribution in [0.5, 0.6) is 5.88 Å². The summed E-state index contributed by atoms with van der Waals surface area (Å²) >= 11 is 0. The number of nitrogen functional groups attached to an aromatic ring is 1. The van der Waals surface area contributed by atoms with Gasteiger partial charge in [-0.15, -0.1) is 0 Å². The second kappa shape index (κ2) is 3.86. The van der Waals surface area contributed by atoms with E-state index in [-0.39, 0.29) is 29.8 Å². The first-order chi connectivity index (χ1) is 6.56. The molecule has 0 aliphatic carbocycles. The lowest BCUT2D eigenvalue weighted by Gasteiger charge is -2.04. The van der Waals surface area contributed by atoms with Gasteiger partial charge in [0, 0.05) is 0 Å². The Balaban J connectivity index is 3.28. The monoisotopic (exact) mass is 198 g/mol. The molecule has 76 valence electrons.